The summed E-state index contributed by atoms with van der Waals surface area (Å²) in [5.74, 6) is -1.41. The van der Waals surface area contributed by atoms with Gasteiger partial charge in [0.2, 0.25) is 0 Å². The summed E-state index contributed by atoms with van der Waals surface area (Å²) < 4.78 is 32.3. The topological polar surface area (TPSA) is 91.8 Å². The minimum atomic E-state index is -0.892. The van der Waals surface area contributed by atoms with Gasteiger partial charge in [-0.2, -0.15) is 0 Å². The van der Waals surface area contributed by atoms with E-state index >= 15 is 0 Å². The van der Waals surface area contributed by atoms with Crippen molar-refractivity contribution >= 4 is 17.6 Å². The van der Waals surface area contributed by atoms with E-state index in [0.717, 1.165) is 43.5 Å². The normalized spacial score (nSPS) is 30.8. The molecule has 1 amide bonds. The van der Waals surface area contributed by atoms with Gasteiger partial charge in [-0.15, -0.1) is 0 Å². The number of benzene rings is 1. The summed E-state index contributed by atoms with van der Waals surface area (Å²) in [5.41, 5.74) is 0.924. The molecule has 1 N–H and O–H groups in total. The second-order valence-electron chi connectivity index (χ2n) is 13.3. The number of carbonyl (C=O) groups is 2. The number of likely N-dealkylation sites (tertiary alicyclic amines) is 2. The highest BCUT2D eigenvalue weighted by molar-refractivity contribution is 5.87. The van der Waals surface area contributed by atoms with Crippen molar-refractivity contribution in [2.75, 3.05) is 58.5 Å². The number of hydrogen-bond acceptors (Lipinski definition) is 7. The first-order valence-corrected chi connectivity index (χ1v) is 16.2. The summed E-state index contributed by atoms with van der Waals surface area (Å²) in [7, 11) is 3.32. The van der Waals surface area contributed by atoms with Gasteiger partial charge < -0.3 is 29.1 Å². The minimum absolute atomic E-state index is 0.0135. The van der Waals surface area contributed by atoms with Crippen LogP contribution >= 0.6 is 0 Å². The molecule has 4 aliphatic rings. The number of carboxylic acids is 1. The number of aliphatic carboxylic acids is 1. The Balaban J connectivity index is 1.29. The van der Waals surface area contributed by atoms with Gasteiger partial charge in [-0.05, 0) is 82.9 Å². The number of amides is 1. The summed E-state index contributed by atoms with van der Waals surface area (Å²) >= 11 is 0. The van der Waals surface area contributed by atoms with E-state index in [1.807, 2.05) is 11.0 Å². The maximum absolute atomic E-state index is 14.5. The van der Waals surface area contributed by atoms with Crippen LogP contribution in [0.25, 0.3) is 0 Å². The van der Waals surface area contributed by atoms with Gasteiger partial charge in [-0.25, -0.2) is 4.39 Å². The van der Waals surface area contributed by atoms with Crippen LogP contribution in [0.2, 0.25) is 0 Å². The van der Waals surface area contributed by atoms with Gasteiger partial charge in [-0.1, -0.05) is 6.07 Å². The SMILES string of the molecule is COC[C@@H]1C[C@@H](c2ccc(F)cc2N2CCC(C(=O)O)CC2)CN1C(=O)[C@@]1(OC)CCN(C2CCC(OC(C)C)CC2)C1. The van der Waals surface area contributed by atoms with Gasteiger partial charge in [0.1, 0.15) is 5.82 Å². The number of methoxy groups -OCH3 is 2. The van der Waals surface area contributed by atoms with E-state index in [9.17, 15) is 19.1 Å². The largest absolute Gasteiger partial charge is 0.481 e. The summed E-state index contributed by atoms with van der Waals surface area (Å²) in [4.78, 5) is 32.4. The lowest BCUT2D eigenvalue weighted by atomic mass is 9.91. The Morgan fingerprint density at radius 3 is 2.42 bits per heavy atom. The van der Waals surface area contributed by atoms with E-state index < -0.39 is 11.6 Å². The zero-order valence-electron chi connectivity index (χ0n) is 26.3. The number of piperidine rings is 1. The Kier molecular flexibility index (Phi) is 10.3. The van der Waals surface area contributed by atoms with Gasteiger partial charge in [0.15, 0.2) is 5.60 Å². The monoisotopic (exact) mass is 603 g/mol. The Bertz CT molecular complexity index is 1120. The minimum Gasteiger partial charge on any atom is -0.481 e. The second kappa shape index (κ2) is 13.8. The van der Waals surface area contributed by atoms with Crippen molar-refractivity contribution in [3.8, 4) is 0 Å². The molecule has 1 aromatic rings. The maximum atomic E-state index is 14.5. The number of carboxylic acid groups (broad SMARTS) is 1. The smallest absolute Gasteiger partial charge is 0.306 e. The molecular weight excluding hydrogens is 553 g/mol. The highest BCUT2D eigenvalue weighted by atomic mass is 19.1. The third-order valence-electron chi connectivity index (χ3n) is 10.3. The number of hydrogen-bond donors (Lipinski definition) is 1. The van der Waals surface area contributed by atoms with Crippen molar-refractivity contribution < 1.29 is 33.3 Å². The molecule has 9 nitrogen and oxygen atoms in total. The Hall–Kier alpha value is -2.27. The number of nitrogens with zero attached hydrogens (tertiary/aromatic N) is 3. The predicted octanol–water partition coefficient (Wildman–Crippen LogP) is 4.28. The van der Waals surface area contributed by atoms with E-state index in [4.69, 9.17) is 14.2 Å². The molecule has 1 aromatic carbocycles. The molecule has 240 valence electrons. The number of ether oxygens (including phenoxy) is 3. The number of halogens is 1. The van der Waals surface area contributed by atoms with Gasteiger partial charge in [0.05, 0.1) is 30.8 Å². The Labute approximate surface area is 255 Å². The first-order valence-electron chi connectivity index (χ1n) is 16.2. The third-order valence-corrected chi connectivity index (χ3v) is 10.3. The van der Waals surface area contributed by atoms with Gasteiger partial charge in [0, 0.05) is 64.6 Å². The molecule has 3 atom stereocenters. The summed E-state index contributed by atoms with van der Waals surface area (Å²) in [6.45, 7) is 7.67. The van der Waals surface area contributed by atoms with E-state index in [-0.39, 0.29) is 35.7 Å². The average Bonchev–Trinajstić information content (AvgIpc) is 3.63. The lowest BCUT2D eigenvalue weighted by molar-refractivity contribution is -0.155. The molecule has 1 aliphatic carbocycles. The molecule has 1 saturated carbocycles. The first kappa shape index (κ1) is 32.1. The molecule has 0 unspecified atom stereocenters. The van der Waals surface area contributed by atoms with E-state index in [2.05, 4.69) is 23.6 Å². The predicted molar refractivity (Wildman–Crippen MR) is 162 cm³/mol. The Morgan fingerprint density at radius 2 is 1.79 bits per heavy atom. The molecule has 3 saturated heterocycles. The molecule has 3 aliphatic heterocycles. The van der Waals surface area contributed by atoms with Crippen LogP contribution in [0.5, 0.6) is 0 Å². The second-order valence-corrected chi connectivity index (χ2v) is 13.3. The van der Waals surface area contributed by atoms with Crippen LogP contribution in [0.15, 0.2) is 18.2 Å². The van der Waals surface area contributed by atoms with Crippen LogP contribution in [0.3, 0.4) is 0 Å². The fourth-order valence-corrected chi connectivity index (χ4v) is 7.99. The summed E-state index contributed by atoms with van der Waals surface area (Å²) in [6.07, 6.45) is 7.24. The van der Waals surface area contributed by atoms with Crippen LogP contribution in [-0.2, 0) is 23.8 Å². The van der Waals surface area contributed by atoms with Crippen molar-refractivity contribution in [3.05, 3.63) is 29.6 Å². The standard InChI is InChI=1S/C33H50FN3O6/c1-22(2)43-28-8-6-26(7-9-28)36-16-13-33(21-36,42-4)32(40)37-19-24(17-27(37)20-41-3)29-10-5-25(34)18-30(29)35-14-11-23(12-15-35)31(38)39/h5,10,18,22-24,26-28H,6-9,11-17,19-21H2,1-4H3,(H,38,39)/t24-,26?,27+,28?,33-/m1/s1. The fraction of sp³-hybridized carbons (Fsp3) is 0.758. The van der Waals surface area contributed by atoms with E-state index in [1.165, 1.54) is 6.07 Å². The number of anilines is 1. The van der Waals surface area contributed by atoms with Crippen LogP contribution in [-0.4, -0.2) is 110 Å². The molecule has 0 aromatic heterocycles. The Morgan fingerprint density at radius 1 is 1.07 bits per heavy atom. The lowest BCUT2D eigenvalue weighted by Crippen LogP contribution is -2.54. The molecule has 0 bridgehead atoms. The molecule has 5 rings (SSSR count). The number of carbonyl (C=O) groups excluding carboxylic acids is 1. The summed E-state index contributed by atoms with van der Waals surface area (Å²) in [6, 6.07) is 5.23. The van der Waals surface area contributed by atoms with Gasteiger partial charge >= 0.3 is 5.97 Å². The maximum Gasteiger partial charge on any atom is 0.306 e. The molecule has 0 radical (unpaired) electrons. The highest BCUT2D eigenvalue weighted by Gasteiger charge is 2.52. The van der Waals surface area contributed by atoms with E-state index in [0.29, 0.717) is 70.6 Å². The van der Waals surface area contributed by atoms with Gasteiger partial charge in [0.25, 0.3) is 5.91 Å². The van der Waals surface area contributed by atoms with Crippen LogP contribution in [0, 0.1) is 11.7 Å². The van der Waals surface area contributed by atoms with E-state index in [1.54, 1.807) is 20.3 Å². The van der Waals surface area contributed by atoms with Crippen molar-refractivity contribution in [1.82, 2.24) is 9.80 Å². The van der Waals surface area contributed by atoms with Crippen molar-refractivity contribution in [2.24, 2.45) is 5.92 Å². The highest BCUT2D eigenvalue weighted by Crippen LogP contribution is 2.41. The van der Waals surface area contributed by atoms with Crippen molar-refractivity contribution in [2.45, 2.75) is 101 Å². The quantitative estimate of drug-likeness (QED) is 0.424. The number of rotatable bonds is 10. The third kappa shape index (κ3) is 7.02. The average molecular weight is 604 g/mol. The van der Waals surface area contributed by atoms with Crippen LogP contribution in [0.4, 0.5) is 10.1 Å². The van der Waals surface area contributed by atoms with Gasteiger partial charge in [-0.3, -0.25) is 14.5 Å². The summed E-state index contributed by atoms with van der Waals surface area (Å²) in [5, 5.41) is 9.44. The lowest BCUT2D eigenvalue weighted by Gasteiger charge is -2.37. The zero-order valence-corrected chi connectivity index (χ0v) is 26.3. The molecule has 3 heterocycles. The molecular formula is C33H50FN3O6. The molecule has 4 fully saturated rings. The van der Waals surface area contributed by atoms with Crippen LogP contribution in [0.1, 0.15) is 76.7 Å². The molecule has 0 spiro atoms. The van der Waals surface area contributed by atoms with Crippen LogP contribution < -0.4 is 4.90 Å². The van der Waals surface area contributed by atoms with Crippen molar-refractivity contribution in [3.63, 3.8) is 0 Å². The molecule has 43 heavy (non-hydrogen) atoms. The van der Waals surface area contributed by atoms with Crippen molar-refractivity contribution in [1.29, 1.82) is 0 Å². The zero-order chi connectivity index (χ0) is 30.7. The fourth-order valence-electron chi connectivity index (χ4n) is 7.99. The first-order chi connectivity index (χ1) is 20.6. The molecule has 10 heteroatoms.